The summed E-state index contributed by atoms with van der Waals surface area (Å²) in [5.74, 6) is -2.06. The molecule has 2 N–H and O–H groups in total. The number of urea groups is 1. The third kappa shape index (κ3) is 5.77. The molecule has 2 aromatic carbocycles. The van der Waals surface area contributed by atoms with Gasteiger partial charge in [0.15, 0.2) is 0 Å². The Balaban J connectivity index is 1.91. The van der Waals surface area contributed by atoms with Crippen molar-refractivity contribution in [2.24, 2.45) is 0 Å². The third-order valence-electron chi connectivity index (χ3n) is 5.38. The number of H-pyrrole nitrogens is 1. The number of aromatic nitrogens is 1. The first-order chi connectivity index (χ1) is 15.7. The van der Waals surface area contributed by atoms with E-state index in [9.17, 15) is 18.4 Å². The molecule has 1 heterocycles. The van der Waals surface area contributed by atoms with Crippen molar-refractivity contribution in [1.29, 1.82) is 0 Å². The average molecular weight is 456 g/mol. The van der Waals surface area contributed by atoms with Crippen LogP contribution in [-0.4, -0.2) is 28.5 Å². The van der Waals surface area contributed by atoms with E-state index in [0.717, 1.165) is 28.5 Å². The van der Waals surface area contributed by atoms with Crippen LogP contribution in [-0.2, 0) is 17.8 Å². The maximum atomic E-state index is 14.1. The summed E-state index contributed by atoms with van der Waals surface area (Å²) >= 11 is 0. The van der Waals surface area contributed by atoms with Crippen LogP contribution in [0.3, 0.4) is 0 Å². The Bertz CT molecular complexity index is 1160. The van der Waals surface area contributed by atoms with E-state index in [2.05, 4.69) is 10.3 Å². The molecule has 0 unspecified atom stereocenters. The first-order valence-corrected chi connectivity index (χ1v) is 10.6. The molecule has 174 valence electrons. The van der Waals surface area contributed by atoms with Gasteiger partial charge in [0.2, 0.25) is 0 Å². The minimum absolute atomic E-state index is 0.120. The van der Waals surface area contributed by atoms with Gasteiger partial charge >= 0.3 is 12.0 Å². The fraction of sp³-hybridized carbons (Fsp3) is 0.280. The fourth-order valence-corrected chi connectivity index (χ4v) is 3.52. The second-order valence-corrected chi connectivity index (χ2v) is 7.85. The van der Waals surface area contributed by atoms with Crippen molar-refractivity contribution in [3.05, 3.63) is 87.7 Å². The Morgan fingerprint density at radius 2 is 1.73 bits per heavy atom. The van der Waals surface area contributed by atoms with E-state index in [0.29, 0.717) is 17.3 Å². The van der Waals surface area contributed by atoms with Gasteiger partial charge in [-0.25, -0.2) is 18.4 Å². The van der Waals surface area contributed by atoms with Gasteiger partial charge in [-0.1, -0.05) is 29.8 Å². The molecule has 2 amide bonds. The number of anilines is 1. The van der Waals surface area contributed by atoms with E-state index in [1.54, 1.807) is 13.8 Å². The van der Waals surface area contributed by atoms with Crippen LogP contribution in [0.4, 0.5) is 19.3 Å². The number of hydrogen-bond donors (Lipinski definition) is 2. The van der Waals surface area contributed by atoms with Gasteiger partial charge in [-0.3, -0.25) is 0 Å². The van der Waals surface area contributed by atoms with E-state index in [1.807, 2.05) is 38.1 Å². The molecule has 0 fully saturated rings. The monoisotopic (exact) mass is 455 g/mol. The number of halogens is 2. The lowest BCUT2D eigenvalue weighted by Crippen LogP contribution is -2.34. The van der Waals surface area contributed by atoms with Gasteiger partial charge in [0.25, 0.3) is 0 Å². The lowest BCUT2D eigenvalue weighted by Gasteiger charge is -2.24. The smallest absolute Gasteiger partial charge is 0.355 e. The van der Waals surface area contributed by atoms with Gasteiger partial charge < -0.3 is 19.9 Å². The quantitative estimate of drug-likeness (QED) is 0.454. The molecule has 0 spiro atoms. The molecule has 33 heavy (non-hydrogen) atoms. The fourth-order valence-electron chi connectivity index (χ4n) is 3.52. The highest BCUT2D eigenvalue weighted by molar-refractivity contribution is 5.91. The first kappa shape index (κ1) is 24.0. The Morgan fingerprint density at radius 3 is 2.36 bits per heavy atom. The molecule has 6 nitrogen and oxygen atoms in total. The highest BCUT2D eigenvalue weighted by atomic mass is 19.1. The predicted molar refractivity (Wildman–Crippen MR) is 122 cm³/mol. The summed E-state index contributed by atoms with van der Waals surface area (Å²) in [6, 6.07) is 10.1. The molecule has 0 aliphatic rings. The summed E-state index contributed by atoms with van der Waals surface area (Å²) in [5.41, 5.74) is 4.35. The summed E-state index contributed by atoms with van der Waals surface area (Å²) in [6.07, 6.45) is 0. The maximum absolute atomic E-state index is 14.1. The van der Waals surface area contributed by atoms with Crippen molar-refractivity contribution >= 4 is 17.7 Å². The summed E-state index contributed by atoms with van der Waals surface area (Å²) in [6.45, 7) is 7.95. The minimum Gasteiger partial charge on any atom is -0.461 e. The second kappa shape index (κ2) is 10.3. The summed E-state index contributed by atoms with van der Waals surface area (Å²) in [4.78, 5) is 30.0. The van der Waals surface area contributed by atoms with Gasteiger partial charge in [-0.05, 0) is 56.5 Å². The standard InChI is InChI=1S/C25H27F2N3O3/c1-5-33-24(31)23-16(3)20(17(4)28-23)14-30(13-18-8-6-15(2)7-9-18)25(32)29-22-11-10-19(26)12-21(22)27/h6-12,28H,5,13-14H2,1-4H3,(H,29,32). The molecule has 8 heteroatoms. The highest BCUT2D eigenvalue weighted by Crippen LogP contribution is 2.23. The van der Waals surface area contributed by atoms with Crippen molar-refractivity contribution in [3.8, 4) is 0 Å². The number of benzene rings is 2. The topological polar surface area (TPSA) is 74.4 Å². The summed E-state index contributed by atoms with van der Waals surface area (Å²) < 4.78 is 32.5. The first-order valence-electron chi connectivity index (χ1n) is 10.6. The second-order valence-electron chi connectivity index (χ2n) is 7.85. The Labute approximate surface area is 191 Å². The van der Waals surface area contributed by atoms with Gasteiger partial charge in [0.1, 0.15) is 17.3 Å². The number of hydrogen-bond acceptors (Lipinski definition) is 3. The van der Waals surface area contributed by atoms with Crippen LogP contribution in [0.1, 0.15) is 45.4 Å². The van der Waals surface area contributed by atoms with Gasteiger partial charge in [0, 0.05) is 24.8 Å². The van der Waals surface area contributed by atoms with Gasteiger partial charge in [-0.15, -0.1) is 0 Å². The molecule has 3 aromatic rings. The number of amides is 2. The molecule has 0 saturated heterocycles. The number of esters is 1. The number of carbonyl (C=O) groups excluding carboxylic acids is 2. The Kier molecular flexibility index (Phi) is 7.48. The number of carbonyl (C=O) groups is 2. The summed E-state index contributed by atoms with van der Waals surface area (Å²) in [5, 5.41) is 2.52. The van der Waals surface area contributed by atoms with Crippen LogP contribution in [0.15, 0.2) is 42.5 Å². The van der Waals surface area contributed by atoms with E-state index >= 15 is 0 Å². The number of rotatable bonds is 7. The normalized spacial score (nSPS) is 10.7. The third-order valence-corrected chi connectivity index (χ3v) is 5.38. The number of nitrogens with one attached hydrogen (secondary N) is 2. The zero-order chi connectivity index (χ0) is 24.1. The zero-order valence-electron chi connectivity index (χ0n) is 19.1. The molecule has 0 saturated carbocycles. The number of aromatic amines is 1. The van der Waals surface area contributed by atoms with Crippen molar-refractivity contribution < 1.29 is 23.1 Å². The molecule has 0 aliphatic carbocycles. The lowest BCUT2D eigenvalue weighted by atomic mass is 10.1. The number of ether oxygens (including phenoxy) is 1. The molecule has 0 atom stereocenters. The molecule has 0 radical (unpaired) electrons. The highest BCUT2D eigenvalue weighted by Gasteiger charge is 2.23. The Hall–Kier alpha value is -3.68. The van der Waals surface area contributed by atoms with E-state index in [4.69, 9.17) is 4.74 Å². The number of nitrogens with zero attached hydrogens (tertiary/aromatic N) is 1. The molecular weight excluding hydrogens is 428 g/mol. The van der Waals surface area contributed by atoms with Crippen LogP contribution >= 0.6 is 0 Å². The maximum Gasteiger partial charge on any atom is 0.355 e. The van der Waals surface area contributed by atoms with E-state index in [-0.39, 0.29) is 25.4 Å². The van der Waals surface area contributed by atoms with Gasteiger partial charge in [0.05, 0.1) is 12.3 Å². The van der Waals surface area contributed by atoms with Crippen LogP contribution < -0.4 is 5.32 Å². The van der Waals surface area contributed by atoms with Crippen LogP contribution in [0.25, 0.3) is 0 Å². The zero-order valence-corrected chi connectivity index (χ0v) is 19.1. The van der Waals surface area contributed by atoms with Crippen LogP contribution in [0.2, 0.25) is 0 Å². The lowest BCUT2D eigenvalue weighted by molar-refractivity contribution is 0.0519. The molecular formula is C25H27F2N3O3. The molecule has 3 rings (SSSR count). The van der Waals surface area contributed by atoms with Gasteiger partial charge in [-0.2, -0.15) is 0 Å². The van der Waals surface area contributed by atoms with Crippen LogP contribution in [0.5, 0.6) is 0 Å². The van der Waals surface area contributed by atoms with Crippen molar-refractivity contribution in [3.63, 3.8) is 0 Å². The summed E-state index contributed by atoms with van der Waals surface area (Å²) in [7, 11) is 0. The average Bonchev–Trinajstić information content (AvgIpc) is 3.05. The minimum atomic E-state index is -0.864. The predicted octanol–water partition coefficient (Wildman–Crippen LogP) is 5.63. The van der Waals surface area contributed by atoms with Crippen molar-refractivity contribution in [1.82, 2.24) is 9.88 Å². The van der Waals surface area contributed by atoms with E-state index < -0.39 is 23.6 Å². The largest absolute Gasteiger partial charge is 0.461 e. The van der Waals surface area contributed by atoms with Crippen LogP contribution in [0, 0.1) is 32.4 Å². The van der Waals surface area contributed by atoms with E-state index in [1.165, 1.54) is 11.0 Å². The van der Waals surface area contributed by atoms with Crippen molar-refractivity contribution in [2.75, 3.05) is 11.9 Å². The molecule has 0 aliphatic heterocycles. The SMILES string of the molecule is CCOC(=O)c1[nH]c(C)c(CN(Cc2ccc(C)cc2)C(=O)Nc2ccc(F)cc2F)c1C. The molecule has 0 bridgehead atoms. The Morgan fingerprint density at radius 1 is 1.03 bits per heavy atom. The van der Waals surface area contributed by atoms with Crippen molar-refractivity contribution in [2.45, 2.75) is 40.8 Å². The molecule has 1 aromatic heterocycles. The number of aryl methyl sites for hydroxylation is 2.